The number of likely N-dealkylation sites (N-methyl/N-ethyl adjacent to an activating group) is 1. The standard InChI is InChI=1S/C20H22BrN5O/c1-14-4-7-17(10-19(14)21)24-20(27)11-25(3)15(2)16-5-8-18(9-6-16)26-13-22-12-23-26/h4-10,12-13,15H,11H2,1-3H3,(H,24,27). The lowest BCUT2D eigenvalue weighted by Gasteiger charge is -2.24. The minimum atomic E-state index is -0.0423. The molecule has 0 saturated carbocycles. The average Bonchev–Trinajstić information content (AvgIpc) is 3.19. The van der Waals surface area contributed by atoms with Crippen molar-refractivity contribution in [3.05, 3.63) is 70.7 Å². The second-order valence-electron chi connectivity index (χ2n) is 6.53. The Hall–Kier alpha value is -2.51. The van der Waals surface area contributed by atoms with Crippen molar-refractivity contribution < 1.29 is 4.79 Å². The Labute approximate surface area is 167 Å². The van der Waals surface area contributed by atoms with Gasteiger partial charge >= 0.3 is 0 Å². The second-order valence-corrected chi connectivity index (χ2v) is 7.39. The highest BCUT2D eigenvalue weighted by molar-refractivity contribution is 9.10. The SMILES string of the molecule is Cc1ccc(NC(=O)CN(C)C(C)c2ccc(-n3cncn3)cc2)cc1Br. The molecule has 0 radical (unpaired) electrons. The van der Waals surface area contributed by atoms with E-state index in [2.05, 4.69) is 38.3 Å². The number of nitrogens with one attached hydrogen (secondary N) is 1. The van der Waals surface area contributed by atoms with Gasteiger partial charge in [-0.15, -0.1) is 0 Å². The molecule has 3 aromatic rings. The number of hydrogen-bond acceptors (Lipinski definition) is 4. The van der Waals surface area contributed by atoms with E-state index >= 15 is 0 Å². The molecule has 6 nitrogen and oxygen atoms in total. The fraction of sp³-hybridized carbons (Fsp3) is 0.250. The van der Waals surface area contributed by atoms with Crippen LogP contribution in [0.5, 0.6) is 0 Å². The molecule has 1 N–H and O–H groups in total. The molecule has 0 spiro atoms. The molecule has 2 aromatic carbocycles. The Kier molecular flexibility index (Phi) is 6.03. The quantitative estimate of drug-likeness (QED) is 0.646. The second kappa shape index (κ2) is 8.45. The fourth-order valence-electron chi connectivity index (χ4n) is 2.74. The van der Waals surface area contributed by atoms with Gasteiger partial charge < -0.3 is 5.32 Å². The van der Waals surface area contributed by atoms with Crippen LogP contribution in [0.25, 0.3) is 5.69 Å². The molecule has 0 bridgehead atoms. The first-order valence-electron chi connectivity index (χ1n) is 8.65. The van der Waals surface area contributed by atoms with Crippen LogP contribution in [0.1, 0.15) is 24.1 Å². The van der Waals surface area contributed by atoms with Crippen LogP contribution >= 0.6 is 15.9 Å². The van der Waals surface area contributed by atoms with Gasteiger partial charge in [-0.3, -0.25) is 9.69 Å². The molecule has 140 valence electrons. The minimum Gasteiger partial charge on any atom is -0.325 e. The molecule has 0 saturated heterocycles. The molecule has 0 aliphatic carbocycles. The maximum absolute atomic E-state index is 12.4. The highest BCUT2D eigenvalue weighted by Crippen LogP contribution is 2.22. The van der Waals surface area contributed by atoms with Crippen molar-refractivity contribution in [1.82, 2.24) is 19.7 Å². The van der Waals surface area contributed by atoms with Gasteiger partial charge in [-0.2, -0.15) is 5.10 Å². The summed E-state index contributed by atoms with van der Waals surface area (Å²) >= 11 is 3.49. The number of aromatic nitrogens is 3. The number of nitrogens with zero attached hydrogens (tertiary/aromatic N) is 4. The lowest BCUT2D eigenvalue weighted by molar-refractivity contribution is -0.117. The lowest BCUT2D eigenvalue weighted by atomic mass is 10.1. The lowest BCUT2D eigenvalue weighted by Crippen LogP contribution is -2.32. The summed E-state index contributed by atoms with van der Waals surface area (Å²) in [6.07, 6.45) is 3.17. The van der Waals surface area contributed by atoms with E-state index < -0.39 is 0 Å². The molecule has 7 heteroatoms. The predicted octanol–water partition coefficient (Wildman–Crippen LogP) is 3.97. The van der Waals surface area contributed by atoms with Crippen molar-refractivity contribution >= 4 is 27.5 Å². The van der Waals surface area contributed by atoms with Gasteiger partial charge in [-0.05, 0) is 56.3 Å². The first-order chi connectivity index (χ1) is 12.9. The highest BCUT2D eigenvalue weighted by Gasteiger charge is 2.15. The summed E-state index contributed by atoms with van der Waals surface area (Å²) in [5.74, 6) is -0.0423. The van der Waals surface area contributed by atoms with Crippen molar-refractivity contribution in [2.75, 3.05) is 18.9 Å². The molecule has 0 aliphatic heterocycles. The third kappa shape index (κ3) is 4.81. The van der Waals surface area contributed by atoms with E-state index in [1.807, 2.05) is 61.3 Å². The number of benzene rings is 2. The van der Waals surface area contributed by atoms with Crippen molar-refractivity contribution in [2.24, 2.45) is 0 Å². The van der Waals surface area contributed by atoms with Gasteiger partial charge in [-0.1, -0.05) is 34.1 Å². The van der Waals surface area contributed by atoms with Crippen molar-refractivity contribution in [3.8, 4) is 5.69 Å². The Morgan fingerprint density at radius 3 is 2.63 bits per heavy atom. The molecule has 0 aliphatic rings. The van der Waals surface area contributed by atoms with Gasteiger partial charge in [0.25, 0.3) is 0 Å². The molecule has 1 amide bonds. The van der Waals surface area contributed by atoms with E-state index in [0.717, 1.165) is 27.0 Å². The normalized spacial score (nSPS) is 12.2. The predicted molar refractivity (Wildman–Crippen MR) is 110 cm³/mol. The largest absolute Gasteiger partial charge is 0.325 e. The molecule has 1 aromatic heterocycles. The van der Waals surface area contributed by atoms with Crippen LogP contribution in [0.2, 0.25) is 0 Å². The van der Waals surface area contributed by atoms with Crippen LogP contribution in [-0.4, -0.2) is 39.2 Å². The van der Waals surface area contributed by atoms with Crippen LogP contribution < -0.4 is 5.32 Å². The number of carbonyl (C=O) groups excluding carboxylic acids is 1. The van der Waals surface area contributed by atoms with Gasteiger partial charge in [0.1, 0.15) is 12.7 Å². The van der Waals surface area contributed by atoms with E-state index in [0.29, 0.717) is 6.54 Å². The highest BCUT2D eigenvalue weighted by atomic mass is 79.9. The zero-order chi connectivity index (χ0) is 19.4. The summed E-state index contributed by atoms with van der Waals surface area (Å²) in [5.41, 5.74) is 4.00. The molecule has 1 unspecified atom stereocenters. The van der Waals surface area contributed by atoms with Crippen LogP contribution in [0.3, 0.4) is 0 Å². The van der Waals surface area contributed by atoms with Crippen LogP contribution in [0, 0.1) is 6.92 Å². The van der Waals surface area contributed by atoms with Crippen LogP contribution in [-0.2, 0) is 4.79 Å². The number of carbonyl (C=O) groups is 1. The maximum atomic E-state index is 12.4. The molecule has 0 fully saturated rings. The number of anilines is 1. The Morgan fingerprint density at radius 1 is 1.26 bits per heavy atom. The van der Waals surface area contributed by atoms with E-state index in [1.54, 1.807) is 11.0 Å². The molecule has 1 heterocycles. The van der Waals surface area contributed by atoms with E-state index in [-0.39, 0.29) is 11.9 Å². The molecule has 3 rings (SSSR count). The zero-order valence-electron chi connectivity index (χ0n) is 15.6. The van der Waals surface area contributed by atoms with Crippen molar-refractivity contribution in [3.63, 3.8) is 0 Å². The van der Waals surface area contributed by atoms with Crippen LogP contribution in [0.4, 0.5) is 5.69 Å². The van der Waals surface area contributed by atoms with Crippen LogP contribution in [0.15, 0.2) is 59.6 Å². The number of aryl methyl sites for hydroxylation is 1. The summed E-state index contributed by atoms with van der Waals surface area (Å²) < 4.78 is 2.69. The number of amides is 1. The van der Waals surface area contributed by atoms with E-state index in [9.17, 15) is 4.79 Å². The van der Waals surface area contributed by atoms with Gasteiger partial charge in [0.15, 0.2) is 0 Å². The van der Waals surface area contributed by atoms with Crippen molar-refractivity contribution in [1.29, 1.82) is 0 Å². The molecular formula is C20H22BrN5O. The van der Waals surface area contributed by atoms with Gasteiger partial charge in [0.05, 0.1) is 12.2 Å². The number of hydrogen-bond donors (Lipinski definition) is 1. The number of rotatable bonds is 6. The maximum Gasteiger partial charge on any atom is 0.238 e. The summed E-state index contributed by atoms with van der Waals surface area (Å²) in [5, 5.41) is 7.07. The van der Waals surface area contributed by atoms with Gasteiger partial charge in [0.2, 0.25) is 5.91 Å². The van der Waals surface area contributed by atoms with E-state index in [4.69, 9.17) is 0 Å². The summed E-state index contributed by atoms with van der Waals surface area (Å²) in [6, 6.07) is 14.0. The Bertz CT molecular complexity index is 909. The Morgan fingerprint density at radius 2 is 2.00 bits per heavy atom. The first kappa shape index (κ1) is 19.3. The van der Waals surface area contributed by atoms with Gasteiger partial charge in [0, 0.05) is 16.2 Å². The molecule has 1 atom stereocenters. The smallest absolute Gasteiger partial charge is 0.238 e. The Balaban J connectivity index is 1.60. The van der Waals surface area contributed by atoms with E-state index in [1.165, 1.54) is 6.33 Å². The summed E-state index contributed by atoms with van der Waals surface area (Å²) in [4.78, 5) is 18.4. The zero-order valence-corrected chi connectivity index (χ0v) is 17.1. The third-order valence-corrected chi connectivity index (χ3v) is 5.42. The van der Waals surface area contributed by atoms with Crippen molar-refractivity contribution in [2.45, 2.75) is 19.9 Å². The minimum absolute atomic E-state index is 0.0423. The van der Waals surface area contributed by atoms with Gasteiger partial charge in [-0.25, -0.2) is 9.67 Å². The summed E-state index contributed by atoms with van der Waals surface area (Å²) in [6.45, 7) is 4.40. The summed E-state index contributed by atoms with van der Waals surface area (Å²) in [7, 11) is 1.95. The first-order valence-corrected chi connectivity index (χ1v) is 9.44. The molecular weight excluding hydrogens is 406 g/mol. The monoisotopic (exact) mass is 427 g/mol. The number of halogens is 1. The molecule has 27 heavy (non-hydrogen) atoms. The fourth-order valence-corrected chi connectivity index (χ4v) is 3.11. The topological polar surface area (TPSA) is 63.1 Å². The third-order valence-electron chi connectivity index (χ3n) is 4.57. The average molecular weight is 428 g/mol.